The number of benzene rings is 2. The first-order valence-electron chi connectivity index (χ1n) is 7.32. The molecule has 3 rings (SSSR count). The fraction of sp³-hybridized carbons (Fsp3) is 0.118. The predicted octanol–water partition coefficient (Wildman–Crippen LogP) is 4.64. The Bertz CT molecular complexity index is 906. The molecule has 0 aliphatic carbocycles. The minimum absolute atomic E-state index is 0.213. The summed E-state index contributed by atoms with van der Waals surface area (Å²) in [6.07, 6.45) is 0.934. The number of aryl methyl sites for hydroxylation is 1. The Kier molecular flexibility index (Phi) is 5.08. The zero-order valence-corrected chi connectivity index (χ0v) is 15.2. The van der Waals surface area contributed by atoms with Crippen LogP contribution in [0, 0.1) is 0 Å². The highest BCUT2D eigenvalue weighted by Crippen LogP contribution is 2.28. The second-order valence-corrected chi connectivity index (χ2v) is 6.97. The monoisotopic (exact) mass is 375 g/mol. The molecule has 0 fully saturated rings. The van der Waals surface area contributed by atoms with Crippen molar-refractivity contribution >= 4 is 61.5 Å². The molecular weight excluding hydrogens is 362 g/mol. The number of rotatable bonds is 3. The molecule has 1 aromatic heterocycles. The molecule has 0 saturated carbocycles. The Hall–Kier alpha value is -2.02. The van der Waals surface area contributed by atoms with E-state index in [0.29, 0.717) is 15.7 Å². The molecule has 2 N–H and O–H groups in total. The lowest BCUT2D eigenvalue weighted by Crippen LogP contribution is -2.34. The first-order chi connectivity index (χ1) is 11.5. The summed E-state index contributed by atoms with van der Waals surface area (Å²) < 4.78 is 0.953. The normalized spacial score (nSPS) is 10.6. The number of aromatic nitrogens is 1. The van der Waals surface area contributed by atoms with E-state index in [9.17, 15) is 4.79 Å². The largest absolute Gasteiger partial charge is 0.308 e. The number of hydrogen-bond donors (Lipinski definition) is 2. The molecule has 1 amide bonds. The third-order valence-electron chi connectivity index (χ3n) is 3.42. The van der Waals surface area contributed by atoms with Crippen LogP contribution >= 0.6 is 35.2 Å². The van der Waals surface area contributed by atoms with Crippen LogP contribution in [0.15, 0.2) is 42.5 Å². The van der Waals surface area contributed by atoms with Crippen molar-refractivity contribution < 1.29 is 4.79 Å². The maximum atomic E-state index is 12.2. The molecule has 2 aromatic carbocycles. The van der Waals surface area contributed by atoms with Gasteiger partial charge >= 0.3 is 0 Å². The smallest absolute Gasteiger partial charge is 0.257 e. The molecular formula is C17H14ClN3OS2. The molecule has 0 bridgehead atoms. The van der Waals surface area contributed by atoms with Crippen molar-refractivity contribution in [3.05, 3.63) is 58.6 Å². The Balaban J connectivity index is 1.66. The van der Waals surface area contributed by atoms with Crippen LogP contribution in [0.25, 0.3) is 10.2 Å². The van der Waals surface area contributed by atoms with Crippen molar-refractivity contribution in [1.82, 2.24) is 10.3 Å². The number of fused-ring (bicyclic) bond motifs is 1. The van der Waals surface area contributed by atoms with E-state index in [1.807, 2.05) is 24.3 Å². The summed E-state index contributed by atoms with van der Waals surface area (Å²) in [7, 11) is 0. The van der Waals surface area contributed by atoms with Gasteiger partial charge in [-0.25, -0.2) is 4.98 Å². The van der Waals surface area contributed by atoms with Gasteiger partial charge in [0.05, 0.1) is 10.2 Å². The highest BCUT2D eigenvalue weighted by molar-refractivity contribution is 7.80. The molecule has 7 heteroatoms. The number of amides is 1. The fourth-order valence-corrected chi connectivity index (χ4v) is 3.55. The van der Waals surface area contributed by atoms with E-state index in [-0.39, 0.29) is 11.0 Å². The second-order valence-electron chi connectivity index (χ2n) is 5.09. The molecule has 0 aliphatic heterocycles. The van der Waals surface area contributed by atoms with E-state index in [4.69, 9.17) is 23.8 Å². The van der Waals surface area contributed by atoms with E-state index in [1.165, 1.54) is 16.9 Å². The summed E-state index contributed by atoms with van der Waals surface area (Å²) in [6, 6.07) is 12.9. The summed E-state index contributed by atoms with van der Waals surface area (Å²) >= 11 is 12.6. The van der Waals surface area contributed by atoms with E-state index in [2.05, 4.69) is 22.5 Å². The Labute approximate surface area is 153 Å². The van der Waals surface area contributed by atoms with Gasteiger partial charge < -0.3 is 5.32 Å². The average Bonchev–Trinajstić information content (AvgIpc) is 2.95. The fourth-order valence-electron chi connectivity index (χ4n) is 2.15. The van der Waals surface area contributed by atoms with Crippen LogP contribution in [0.3, 0.4) is 0 Å². The van der Waals surface area contributed by atoms with Gasteiger partial charge in [-0.2, -0.15) is 0 Å². The number of carbonyl (C=O) groups excluding carboxylic acids is 1. The lowest BCUT2D eigenvalue weighted by atomic mass is 10.1. The van der Waals surface area contributed by atoms with Crippen molar-refractivity contribution in [1.29, 1.82) is 0 Å². The van der Waals surface area contributed by atoms with Crippen molar-refractivity contribution in [2.75, 3.05) is 5.32 Å². The van der Waals surface area contributed by atoms with Crippen LogP contribution in [-0.2, 0) is 6.42 Å². The first kappa shape index (κ1) is 16.8. The molecule has 0 radical (unpaired) electrons. The highest BCUT2D eigenvalue weighted by Gasteiger charge is 2.10. The molecule has 3 aromatic rings. The predicted molar refractivity (Wildman–Crippen MR) is 104 cm³/mol. The molecule has 24 heavy (non-hydrogen) atoms. The van der Waals surface area contributed by atoms with Crippen LogP contribution in [0.4, 0.5) is 5.13 Å². The SMILES string of the molecule is CCc1ccc(C(=O)NC(=S)Nc2nc3ccc(Cl)cc3s2)cc1. The Morgan fingerprint density at radius 2 is 2.00 bits per heavy atom. The molecule has 0 saturated heterocycles. The second kappa shape index (κ2) is 7.25. The number of thiocarbonyl (C=S) groups is 1. The van der Waals surface area contributed by atoms with Gasteiger partial charge in [-0.1, -0.05) is 42.0 Å². The highest BCUT2D eigenvalue weighted by atomic mass is 35.5. The number of anilines is 1. The van der Waals surface area contributed by atoms with Gasteiger partial charge in [-0.15, -0.1) is 0 Å². The maximum absolute atomic E-state index is 12.2. The number of nitrogens with zero attached hydrogens (tertiary/aromatic N) is 1. The summed E-state index contributed by atoms with van der Waals surface area (Å²) in [5.41, 5.74) is 2.57. The number of carbonyl (C=O) groups is 1. The molecule has 0 aliphatic rings. The summed E-state index contributed by atoms with van der Waals surface area (Å²) in [4.78, 5) is 16.6. The van der Waals surface area contributed by atoms with Crippen LogP contribution in [0.2, 0.25) is 5.02 Å². The van der Waals surface area contributed by atoms with Gasteiger partial charge in [-0.3, -0.25) is 10.1 Å². The average molecular weight is 376 g/mol. The first-order valence-corrected chi connectivity index (χ1v) is 8.93. The summed E-state index contributed by atoms with van der Waals surface area (Å²) in [5, 5.41) is 7.08. The van der Waals surface area contributed by atoms with E-state index >= 15 is 0 Å². The van der Waals surface area contributed by atoms with Crippen molar-refractivity contribution in [3.63, 3.8) is 0 Å². The number of hydrogen-bond acceptors (Lipinski definition) is 4. The lowest BCUT2D eigenvalue weighted by Gasteiger charge is -2.07. The van der Waals surface area contributed by atoms with Gasteiger partial charge in [0, 0.05) is 10.6 Å². The quantitative estimate of drug-likeness (QED) is 0.655. The van der Waals surface area contributed by atoms with E-state index < -0.39 is 0 Å². The number of nitrogens with one attached hydrogen (secondary N) is 2. The van der Waals surface area contributed by atoms with Gasteiger partial charge in [0.2, 0.25) is 0 Å². The Morgan fingerprint density at radius 3 is 2.71 bits per heavy atom. The van der Waals surface area contributed by atoms with Gasteiger partial charge in [-0.05, 0) is 54.5 Å². The minimum atomic E-state index is -0.251. The van der Waals surface area contributed by atoms with Crippen LogP contribution in [-0.4, -0.2) is 16.0 Å². The van der Waals surface area contributed by atoms with Gasteiger partial charge in [0.25, 0.3) is 5.91 Å². The molecule has 4 nitrogen and oxygen atoms in total. The molecule has 0 spiro atoms. The van der Waals surface area contributed by atoms with Crippen molar-refractivity contribution in [2.24, 2.45) is 0 Å². The lowest BCUT2D eigenvalue weighted by molar-refractivity contribution is 0.0977. The zero-order chi connectivity index (χ0) is 17.1. The van der Waals surface area contributed by atoms with Gasteiger partial charge in [0.15, 0.2) is 10.2 Å². The molecule has 122 valence electrons. The zero-order valence-electron chi connectivity index (χ0n) is 12.8. The minimum Gasteiger partial charge on any atom is -0.308 e. The number of thiazole rings is 1. The van der Waals surface area contributed by atoms with Crippen molar-refractivity contribution in [3.8, 4) is 0 Å². The summed E-state index contributed by atoms with van der Waals surface area (Å²) in [6.45, 7) is 2.07. The van der Waals surface area contributed by atoms with E-state index in [0.717, 1.165) is 16.6 Å². The third-order valence-corrected chi connectivity index (χ3v) is 4.80. The maximum Gasteiger partial charge on any atom is 0.257 e. The number of halogens is 1. The van der Waals surface area contributed by atoms with E-state index in [1.54, 1.807) is 18.2 Å². The third kappa shape index (κ3) is 3.90. The van der Waals surface area contributed by atoms with Crippen LogP contribution in [0.5, 0.6) is 0 Å². The standard InChI is InChI=1S/C17H14ClN3OS2/c1-2-10-3-5-11(6-4-10)15(22)20-16(23)21-17-19-13-8-7-12(18)9-14(13)24-17/h3-9H,2H2,1H3,(H2,19,20,21,22,23). The summed E-state index contributed by atoms with van der Waals surface area (Å²) in [5.74, 6) is -0.251. The van der Waals surface area contributed by atoms with Crippen LogP contribution < -0.4 is 10.6 Å². The van der Waals surface area contributed by atoms with Gasteiger partial charge in [0.1, 0.15) is 0 Å². The Morgan fingerprint density at radius 1 is 1.25 bits per heavy atom. The molecule has 1 heterocycles. The topological polar surface area (TPSA) is 54.0 Å². The van der Waals surface area contributed by atoms with Crippen molar-refractivity contribution in [2.45, 2.75) is 13.3 Å². The molecule has 0 atom stereocenters. The van der Waals surface area contributed by atoms with Crippen LogP contribution in [0.1, 0.15) is 22.8 Å². The molecule has 0 unspecified atom stereocenters.